The highest BCUT2D eigenvalue weighted by atomic mass is 16.1. The monoisotopic (exact) mass is 181 g/mol. The second-order valence-electron chi connectivity index (χ2n) is 3.92. The standard InChI is InChI=1S/C11H19NO/c1-2-9(8-12)11(13)10-6-4-3-5-7-10/h8-10,12H,2-7H2,1H3. The molecule has 0 spiro atoms. The van der Waals surface area contributed by atoms with Crippen molar-refractivity contribution in [1.82, 2.24) is 0 Å². The smallest absolute Gasteiger partial charge is 0.144 e. The highest BCUT2D eigenvalue weighted by Gasteiger charge is 2.25. The van der Waals surface area contributed by atoms with E-state index in [-0.39, 0.29) is 11.8 Å². The Labute approximate surface area is 80.2 Å². The van der Waals surface area contributed by atoms with Crippen LogP contribution in [0.3, 0.4) is 0 Å². The van der Waals surface area contributed by atoms with Crippen LogP contribution in [0.4, 0.5) is 0 Å². The minimum Gasteiger partial charge on any atom is -0.312 e. The first kappa shape index (κ1) is 10.4. The summed E-state index contributed by atoms with van der Waals surface area (Å²) >= 11 is 0. The molecule has 1 aliphatic carbocycles. The molecule has 0 aliphatic heterocycles. The van der Waals surface area contributed by atoms with Crippen molar-refractivity contribution in [3.8, 4) is 0 Å². The lowest BCUT2D eigenvalue weighted by Gasteiger charge is -2.22. The van der Waals surface area contributed by atoms with E-state index >= 15 is 0 Å². The molecule has 0 aromatic carbocycles. The van der Waals surface area contributed by atoms with Crippen LogP contribution in [0.1, 0.15) is 45.4 Å². The molecule has 1 aliphatic rings. The van der Waals surface area contributed by atoms with Gasteiger partial charge in [-0.1, -0.05) is 26.2 Å². The van der Waals surface area contributed by atoms with Gasteiger partial charge in [0, 0.05) is 12.1 Å². The number of hydrogen-bond acceptors (Lipinski definition) is 2. The quantitative estimate of drug-likeness (QED) is 0.666. The van der Waals surface area contributed by atoms with E-state index in [2.05, 4.69) is 0 Å². The van der Waals surface area contributed by atoms with Crippen molar-refractivity contribution in [3.05, 3.63) is 0 Å². The van der Waals surface area contributed by atoms with Gasteiger partial charge in [0.2, 0.25) is 0 Å². The predicted octanol–water partition coefficient (Wildman–Crippen LogP) is 2.81. The van der Waals surface area contributed by atoms with E-state index in [1.165, 1.54) is 25.5 Å². The van der Waals surface area contributed by atoms with Crippen LogP contribution in [-0.2, 0) is 4.79 Å². The molecule has 2 heteroatoms. The van der Waals surface area contributed by atoms with Crippen LogP contribution in [0.25, 0.3) is 0 Å². The van der Waals surface area contributed by atoms with Crippen LogP contribution in [0.5, 0.6) is 0 Å². The summed E-state index contributed by atoms with van der Waals surface area (Å²) in [6, 6.07) is 0. The molecule has 74 valence electrons. The van der Waals surface area contributed by atoms with E-state index in [9.17, 15) is 4.79 Å². The summed E-state index contributed by atoms with van der Waals surface area (Å²) in [5.74, 6) is 0.473. The zero-order chi connectivity index (χ0) is 9.68. The van der Waals surface area contributed by atoms with Crippen LogP contribution in [-0.4, -0.2) is 12.0 Å². The van der Waals surface area contributed by atoms with Crippen molar-refractivity contribution in [1.29, 1.82) is 5.41 Å². The van der Waals surface area contributed by atoms with Crippen molar-refractivity contribution in [2.24, 2.45) is 11.8 Å². The normalized spacial score (nSPS) is 21.0. The van der Waals surface area contributed by atoms with E-state index in [0.717, 1.165) is 19.3 Å². The second kappa shape index (κ2) is 5.15. The lowest BCUT2D eigenvalue weighted by molar-refractivity contribution is -0.125. The van der Waals surface area contributed by atoms with Crippen molar-refractivity contribution < 1.29 is 4.79 Å². The van der Waals surface area contributed by atoms with Crippen LogP contribution in [0, 0.1) is 17.2 Å². The summed E-state index contributed by atoms with van der Waals surface area (Å²) in [4.78, 5) is 11.8. The average Bonchev–Trinajstić information content (AvgIpc) is 2.21. The van der Waals surface area contributed by atoms with Crippen LogP contribution < -0.4 is 0 Å². The van der Waals surface area contributed by atoms with Crippen molar-refractivity contribution in [3.63, 3.8) is 0 Å². The summed E-state index contributed by atoms with van der Waals surface area (Å²) in [5.41, 5.74) is 0. The summed E-state index contributed by atoms with van der Waals surface area (Å²) < 4.78 is 0. The Bertz CT molecular complexity index is 183. The van der Waals surface area contributed by atoms with Gasteiger partial charge in [-0.05, 0) is 19.3 Å². The first-order valence-electron chi connectivity index (χ1n) is 5.34. The molecule has 1 saturated carbocycles. The molecular weight excluding hydrogens is 162 g/mol. The lowest BCUT2D eigenvalue weighted by atomic mass is 9.81. The maximum Gasteiger partial charge on any atom is 0.144 e. The molecule has 0 saturated heterocycles. The highest BCUT2D eigenvalue weighted by Crippen LogP contribution is 2.26. The molecule has 1 fully saturated rings. The third-order valence-corrected chi connectivity index (χ3v) is 3.01. The number of rotatable bonds is 4. The molecular formula is C11H19NO. The predicted molar refractivity (Wildman–Crippen MR) is 54.1 cm³/mol. The Morgan fingerprint density at radius 2 is 2.08 bits per heavy atom. The molecule has 0 aromatic rings. The first-order chi connectivity index (χ1) is 6.29. The summed E-state index contributed by atoms with van der Waals surface area (Å²) in [6.45, 7) is 1.98. The molecule has 1 N–H and O–H groups in total. The highest BCUT2D eigenvalue weighted by molar-refractivity contribution is 5.95. The molecule has 0 amide bonds. The van der Waals surface area contributed by atoms with E-state index in [4.69, 9.17) is 5.41 Å². The van der Waals surface area contributed by atoms with E-state index in [1.54, 1.807) is 0 Å². The molecule has 0 aromatic heterocycles. The van der Waals surface area contributed by atoms with Gasteiger partial charge in [-0.25, -0.2) is 0 Å². The van der Waals surface area contributed by atoms with Crippen molar-refractivity contribution >= 4 is 12.0 Å². The van der Waals surface area contributed by atoms with Gasteiger partial charge in [-0.15, -0.1) is 0 Å². The fourth-order valence-electron chi connectivity index (χ4n) is 2.09. The molecule has 1 unspecified atom stereocenters. The SMILES string of the molecule is CCC(C=N)C(=O)C1CCCCC1. The number of carbonyl (C=O) groups excluding carboxylic acids is 1. The first-order valence-corrected chi connectivity index (χ1v) is 5.34. The lowest BCUT2D eigenvalue weighted by Crippen LogP contribution is -2.25. The Morgan fingerprint density at radius 1 is 1.46 bits per heavy atom. The van der Waals surface area contributed by atoms with Crippen LogP contribution in [0.15, 0.2) is 0 Å². The number of Topliss-reactive ketones (excluding diaryl/α,β-unsaturated/α-hetero) is 1. The molecule has 0 heterocycles. The second-order valence-corrected chi connectivity index (χ2v) is 3.92. The molecule has 0 bridgehead atoms. The van der Waals surface area contributed by atoms with Gasteiger partial charge in [0.1, 0.15) is 5.78 Å². The number of carbonyl (C=O) groups is 1. The molecule has 2 nitrogen and oxygen atoms in total. The van der Waals surface area contributed by atoms with Crippen molar-refractivity contribution in [2.45, 2.75) is 45.4 Å². The van der Waals surface area contributed by atoms with Gasteiger partial charge >= 0.3 is 0 Å². The van der Waals surface area contributed by atoms with E-state index < -0.39 is 0 Å². The largest absolute Gasteiger partial charge is 0.312 e. The van der Waals surface area contributed by atoms with Gasteiger partial charge < -0.3 is 5.41 Å². The Balaban J connectivity index is 2.48. The fraction of sp³-hybridized carbons (Fsp3) is 0.818. The van der Waals surface area contributed by atoms with Gasteiger partial charge in [0.15, 0.2) is 0 Å². The molecule has 0 radical (unpaired) electrons. The van der Waals surface area contributed by atoms with E-state index in [0.29, 0.717) is 5.78 Å². The van der Waals surface area contributed by atoms with Gasteiger partial charge in [-0.2, -0.15) is 0 Å². The molecule has 1 rings (SSSR count). The summed E-state index contributed by atoms with van der Waals surface area (Å²) in [5, 5.41) is 7.16. The molecule has 13 heavy (non-hydrogen) atoms. The zero-order valence-corrected chi connectivity index (χ0v) is 8.38. The number of nitrogens with one attached hydrogen (secondary N) is 1. The minimum atomic E-state index is -0.108. The average molecular weight is 181 g/mol. The number of ketones is 1. The topological polar surface area (TPSA) is 40.9 Å². The van der Waals surface area contributed by atoms with Gasteiger partial charge in [0.25, 0.3) is 0 Å². The third-order valence-electron chi connectivity index (χ3n) is 3.01. The summed E-state index contributed by atoms with van der Waals surface area (Å²) in [7, 11) is 0. The summed E-state index contributed by atoms with van der Waals surface area (Å²) in [6.07, 6.45) is 7.91. The molecule has 1 atom stereocenters. The van der Waals surface area contributed by atoms with Crippen molar-refractivity contribution in [2.75, 3.05) is 0 Å². The Morgan fingerprint density at radius 3 is 2.54 bits per heavy atom. The maximum absolute atomic E-state index is 11.8. The third kappa shape index (κ3) is 2.64. The minimum absolute atomic E-state index is 0.108. The zero-order valence-electron chi connectivity index (χ0n) is 8.38. The van der Waals surface area contributed by atoms with Crippen LogP contribution >= 0.6 is 0 Å². The maximum atomic E-state index is 11.8. The van der Waals surface area contributed by atoms with E-state index in [1.807, 2.05) is 6.92 Å². The van der Waals surface area contributed by atoms with Crippen LogP contribution in [0.2, 0.25) is 0 Å². The fourth-order valence-corrected chi connectivity index (χ4v) is 2.09. The van der Waals surface area contributed by atoms with Gasteiger partial charge in [-0.3, -0.25) is 4.79 Å². The number of hydrogen-bond donors (Lipinski definition) is 1. The Kier molecular flexibility index (Phi) is 4.13. The van der Waals surface area contributed by atoms with Gasteiger partial charge in [0.05, 0.1) is 5.92 Å². The Hall–Kier alpha value is -0.660.